The van der Waals surface area contributed by atoms with Crippen molar-refractivity contribution in [3.05, 3.63) is 71.8 Å². The van der Waals surface area contributed by atoms with E-state index in [9.17, 15) is 14.3 Å². The van der Waals surface area contributed by atoms with Gasteiger partial charge in [-0.3, -0.25) is 4.79 Å². The summed E-state index contributed by atoms with van der Waals surface area (Å²) in [4.78, 5) is 17.1. The molecule has 28 heavy (non-hydrogen) atoms. The average Bonchev–Trinajstić information content (AvgIpc) is 3.15. The zero-order chi connectivity index (χ0) is 19.5. The minimum absolute atomic E-state index is 0.333. The number of anilines is 1. The Labute approximate surface area is 162 Å². The second-order valence-corrected chi connectivity index (χ2v) is 7.04. The lowest BCUT2D eigenvalue weighted by Gasteiger charge is -2.17. The number of fused-ring (bicyclic) bond motifs is 1. The van der Waals surface area contributed by atoms with Crippen molar-refractivity contribution in [2.45, 2.75) is 31.7 Å². The number of nitrogens with one attached hydrogen (secondary N) is 1. The van der Waals surface area contributed by atoms with Crippen LogP contribution in [0.1, 0.15) is 30.0 Å². The summed E-state index contributed by atoms with van der Waals surface area (Å²) >= 11 is 0. The number of aliphatic hydroxyl groups is 1. The summed E-state index contributed by atoms with van der Waals surface area (Å²) in [5, 5.41) is 12.4. The summed E-state index contributed by atoms with van der Waals surface area (Å²) in [7, 11) is 0. The number of carbonyl (C=O) groups is 1. The molecule has 2 N–H and O–H groups in total. The van der Waals surface area contributed by atoms with E-state index in [-0.39, 0.29) is 18.3 Å². The Kier molecular flexibility index (Phi) is 5.21. The number of imidazole rings is 1. The molecule has 1 aromatic heterocycles. The third-order valence-electron chi connectivity index (χ3n) is 5.18. The molecule has 1 unspecified atom stereocenters. The second-order valence-electron chi connectivity index (χ2n) is 7.04. The molecule has 2 heterocycles. The Hall–Kier alpha value is -2.99. The first-order chi connectivity index (χ1) is 13.7. The number of rotatable bonds is 5. The van der Waals surface area contributed by atoms with Crippen LogP contribution in [0.3, 0.4) is 0 Å². The molecule has 4 rings (SSSR count). The van der Waals surface area contributed by atoms with Gasteiger partial charge in [-0.15, -0.1) is 0 Å². The minimum Gasteiger partial charge on any atom is -0.395 e. The van der Waals surface area contributed by atoms with Crippen LogP contribution >= 0.6 is 0 Å². The van der Waals surface area contributed by atoms with Crippen LogP contribution in [0, 0.1) is 5.82 Å². The highest BCUT2D eigenvalue weighted by molar-refractivity contribution is 5.96. The van der Waals surface area contributed by atoms with Crippen LogP contribution in [-0.2, 0) is 17.8 Å². The summed E-state index contributed by atoms with van der Waals surface area (Å²) in [6, 6.07) is 13.1. The molecular weight excluding hydrogens is 357 g/mol. The van der Waals surface area contributed by atoms with Gasteiger partial charge in [-0.1, -0.05) is 12.1 Å². The van der Waals surface area contributed by atoms with Crippen molar-refractivity contribution in [2.24, 2.45) is 0 Å². The highest BCUT2D eigenvalue weighted by Crippen LogP contribution is 2.26. The fourth-order valence-corrected chi connectivity index (χ4v) is 3.63. The van der Waals surface area contributed by atoms with E-state index in [4.69, 9.17) is 0 Å². The number of aryl methyl sites for hydroxylation is 1. The summed E-state index contributed by atoms with van der Waals surface area (Å²) < 4.78 is 15.3. The van der Waals surface area contributed by atoms with Gasteiger partial charge in [0.1, 0.15) is 11.6 Å². The van der Waals surface area contributed by atoms with Crippen LogP contribution in [0.5, 0.6) is 0 Å². The number of benzene rings is 2. The second kappa shape index (κ2) is 7.94. The molecule has 2 aromatic carbocycles. The molecule has 1 amide bonds. The molecular formula is C22H22FN3O2. The lowest BCUT2D eigenvalue weighted by molar-refractivity contribution is -0.118. The van der Waals surface area contributed by atoms with Crippen molar-refractivity contribution >= 4 is 11.6 Å². The number of aromatic nitrogens is 2. The van der Waals surface area contributed by atoms with E-state index in [2.05, 4.69) is 14.9 Å². The van der Waals surface area contributed by atoms with Gasteiger partial charge in [-0.05, 0) is 61.2 Å². The average molecular weight is 379 g/mol. The van der Waals surface area contributed by atoms with Crippen molar-refractivity contribution in [1.29, 1.82) is 0 Å². The molecule has 0 bridgehead atoms. The molecule has 0 aliphatic carbocycles. The van der Waals surface area contributed by atoms with Gasteiger partial charge >= 0.3 is 0 Å². The van der Waals surface area contributed by atoms with Crippen molar-refractivity contribution < 1.29 is 14.3 Å². The van der Waals surface area contributed by atoms with Gasteiger partial charge in [-0.2, -0.15) is 0 Å². The van der Waals surface area contributed by atoms with Crippen molar-refractivity contribution in [1.82, 2.24) is 9.55 Å². The third kappa shape index (κ3) is 3.68. The SMILES string of the molecule is O=C(Nc1ccc(-c2ncc3n2CCCC3)cc1)C(CO)c1ccc(F)cc1. The van der Waals surface area contributed by atoms with E-state index in [0.717, 1.165) is 30.8 Å². The Morgan fingerprint density at radius 3 is 2.61 bits per heavy atom. The van der Waals surface area contributed by atoms with E-state index in [0.29, 0.717) is 11.3 Å². The molecule has 0 fully saturated rings. The maximum absolute atomic E-state index is 13.1. The molecule has 0 spiro atoms. The van der Waals surface area contributed by atoms with E-state index in [1.54, 1.807) is 0 Å². The van der Waals surface area contributed by atoms with Crippen molar-refractivity contribution in [2.75, 3.05) is 11.9 Å². The molecule has 0 radical (unpaired) electrons. The zero-order valence-electron chi connectivity index (χ0n) is 15.4. The van der Waals surface area contributed by atoms with E-state index in [1.165, 1.54) is 36.4 Å². The highest BCUT2D eigenvalue weighted by atomic mass is 19.1. The third-order valence-corrected chi connectivity index (χ3v) is 5.18. The minimum atomic E-state index is -0.750. The van der Waals surface area contributed by atoms with Gasteiger partial charge in [0, 0.05) is 29.7 Å². The Balaban J connectivity index is 1.49. The summed E-state index contributed by atoms with van der Waals surface area (Å²) in [5.41, 5.74) is 3.48. The highest BCUT2D eigenvalue weighted by Gasteiger charge is 2.20. The van der Waals surface area contributed by atoms with E-state index in [1.807, 2.05) is 30.5 Å². The number of hydrogen-bond acceptors (Lipinski definition) is 3. The smallest absolute Gasteiger partial charge is 0.234 e. The summed E-state index contributed by atoms with van der Waals surface area (Å²) in [6.07, 6.45) is 5.37. The lowest BCUT2D eigenvalue weighted by Crippen LogP contribution is -2.23. The van der Waals surface area contributed by atoms with Crippen LogP contribution in [0.25, 0.3) is 11.4 Å². The fourth-order valence-electron chi connectivity index (χ4n) is 3.63. The monoisotopic (exact) mass is 379 g/mol. The Bertz CT molecular complexity index is 964. The number of hydrogen-bond donors (Lipinski definition) is 2. The molecule has 1 atom stereocenters. The Morgan fingerprint density at radius 2 is 1.89 bits per heavy atom. The van der Waals surface area contributed by atoms with Crippen LogP contribution in [0.15, 0.2) is 54.7 Å². The molecule has 144 valence electrons. The largest absolute Gasteiger partial charge is 0.395 e. The maximum atomic E-state index is 13.1. The first-order valence-electron chi connectivity index (χ1n) is 9.48. The predicted octanol–water partition coefficient (Wildman–Crippen LogP) is 3.74. The summed E-state index contributed by atoms with van der Waals surface area (Å²) in [5.74, 6) is -0.510. The van der Waals surface area contributed by atoms with Crippen molar-refractivity contribution in [3.63, 3.8) is 0 Å². The van der Waals surface area contributed by atoms with Gasteiger partial charge in [0.15, 0.2) is 0 Å². The van der Waals surface area contributed by atoms with Gasteiger partial charge in [0.2, 0.25) is 5.91 Å². The maximum Gasteiger partial charge on any atom is 0.234 e. The number of amides is 1. The van der Waals surface area contributed by atoms with Crippen LogP contribution < -0.4 is 5.32 Å². The molecule has 0 saturated heterocycles. The number of halogens is 1. The number of nitrogens with zero attached hydrogens (tertiary/aromatic N) is 2. The van der Waals surface area contributed by atoms with Crippen LogP contribution in [-0.4, -0.2) is 27.2 Å². The molecule has 6 heteroatoms. The van der Waals surface area contributed by atoms with E-state index >= 15 is 0 Å². The molecule has 1 aliphatic heterocycles. The molecule has 3 aromatic rings. The number of carbonyl (C=O) groups excluding carboxylic acids is 1. The molecule has 0 saturated carbocycles. The zero-order valence-corrected chi connectivity index (χ0v) is 15.4. The molecule has 5 nitrogen and oxygen atoms in total. The van der Waals surface area contributed by atoms with Gasteiger partial charge < -0.3 is 15.0 Å². The van der Waals surface area contributed by atoms with Crippen LogP contribution in [0.4, 0.5) is 10.1 Å². The van der Waals surface area contributed by atoms with Gasteiger partial charge in [0.05, 0.1) is 12.5 Å². The van der Waals surface area contributed by atoms with Gasteiger partial charge in [0.25, 0.3) is 0 Å². The summed E-state index contributed by atoms with van der Waals surface area (Å²) in [6.45, 7) is 0.634. The Morgan fingerprint density at radius 1 is 1.14 bits per heavy atom. The normalized spacial score (nSPS) is 14.4. The van der Waals surface area contributed by atoms with Crippen molar-refractivity contribution in [3.8, 4) is 11.4 Å². The quantitative estimate of drug-likeness (QED) is 0.710. The fraction of sp³-hybridized carbons (Fsp3) is 0.273. The lowest BCUT2D eigenvalue weighted by atomic mass is 9.99. The molecule has 1 aliphatic rings. The predicted molar refractivity (Wildman–Crippen MR) is 105 cm³/mol. The van der Waals surface area contributed by atoms with E-state index < -0.39 is 5.92 Å². The van der Waals surface area contributed by atoms with Gasteiger partial charge in [-0.25, -0.2) is 9.37 Å². The topological polar surface area (TPSA) is 67.2 Å². The van der Waals surface area contributed by atoms with Crippen LogP contribution in [0.2, 0.25) is 0 Å². The standard InChI is InChI=1S/C22H22FN3O2/c23-17-8-4-15(5-9-17)20(14-27)22(28)25-18-10-6-16(7-11-18)21-24-13-19-3-1-2-12-26(19)21/h4-11,13,20,27H,1-3,12,14H2,(H,25,28). The first-order valence-corrected chi connectivity index (χ1v) is 9.48. The first kappa shape index (κ1) is 18.4. The number of aliphatic hydroxyl groups excluding tert-OH is 1.